The minimum atomic E-state index is -0.793. The van der Waals surface area contributed by atoms with Crippen LogP contribution in [0.4, 0.5) is 16.2 Å². The number of anilines is 1. The molecule has 3 aromatic carbocycles. The van der Waals surface area contributed by atoms with Crippen LogP contribution in [-0.4, -0.2) is 42.2 Å². The monoisotopic (exact) mass is 579 g/mol. The van der Waals surface area contributed by atoms with Gasteiger partial charge in [-0.3, -0.25) is 4.79 Å². The molecule has 0 bridgehead atoms. The van der Waals surface area contributed by atoms with Crippen LogP contribution in [0, 0.1) is 6.57 Å². The van der Waals surface area contributed by atoms with Crippen molar-refractivity contribution in [2.45, 2.75) is 44.8 Å². The topological polar surface area (TPSA) is 72.2 Å². The molecule has 0 spiro atoms. The number of amides is 2. The van der Waals surface area contributed by atoms with Crippen LogP contribution in [0.25, 0.3) is 16.0 Å². The van der Waals surface area contributed by atoms with Gasteiger partial charge in [0.2, 0.25) is 5.91 Å². The third-order valence-electron chi connectivity index (χ3n) is 6.57. The molecule has 0 atom stereocenters. The lowest BCUT2D eigenvalue weighted by Gasteiger charge is -2.42. The van der Waals surface area contributed by atoms with Gasteiger partial charge in [0.25, 0.3) is 0 Å². The first-order valence-electron chi connectivity index (χ1n) is 12.9. The fourth-order valence-electron chi connectivity index (χ4n) is 4.64. The molecule has 9 heteroatoms. The molecule has 1 aliphatic heterocycles. The first-order valence-corrected chi connectivity index (χ1v) is 13.7. The van der Waals surface area contributed by atoms with Crippen molar-refractivity contribution in [3.8, 4) is 11.1 Å². The lowest BCUT2D eigenvalue weighted by Crippen LogP contribution is -2.48. The predicted molar refractivity (Wildman–Crippen MR) is 158 cm³/mol. The number of nitrogens with one attached hydrogen (secondary N) is 1. The van der Waals surface area contributed by atoms with Gasteiger partial charge in [-0.2, -0.15) is 0 Å². The van der Waals surface area contributed by atoms with Crippen LogP contribution in [-0.2, 0) is 19.9 Å². The minimum absolute atomic E-state index is 0.203. The number of halogens is 2. The van der Waals surface area contributed by atoms with E-state index in [0.717, 1.165) is 16.7 Å². The molecule has 1 fully saturated rings. The van der Waals surface area contributed by atoms with E-state index in [9.17, 15) is 9.59 Å². The zero-order valence-corrected chi connectivity index (χ0v) is 24.2. The molecule has 1 heterocycles. The Labute approximate surface area is 244 Å². The van der Waals surface area contributed by atoms with Crippen molar-refractivity contribution in [2.24, 2.45) is 0 Å². The van der Waals surface area contributed by atoms with Crippen molar-refractivity contribution in [2.75, 3.05) is 25.0 Å². The second kappa shape index (κ2) is 12.3. The number of ether oxygens (including phenoxy) is 2. The van der Waals surface area contributed by atoms with Crippen LogP contribution in [0.2, 0.25) is 10.0 Å². The zero-order chi connectivity index (χ0) is 28.9. The summed E-state index contributed by atoms with van der Waals surface area (Å²) in [5.74, 6) is -0.347. The number of hydrogen-bond donors (Lipinski definition) is 1. The van der Waals surface area contributed by atoms with E-state index >= 15 is 0 Å². The molecule has 0 unspecified atom stereocenters. The number of piperidine rings is 1. The maximum Gasteiger partial charge on any atom is 0.410 e. The highest BCUT2D eigenvalue weighted by molar-refractivity contribution is 6.35. The Balaban J connectivity index is 1.54. The van der Waals surface area contributed by atoms with Gasteiger partial charge in [0.05, 0.1) is 12.2 Å². The molecule has 7 nitrogen and oxygen atoms in total. The second-order valence-corrected chi connectivity index (χ2v) is 11.6. The lowest BCUT2D eigenvalue weighted by atomic mass is 9.83. The summed E-state index contributed by atoms with van der Waals surface area (Å²) < 4.78 is 11.9. The van der Waals surface area contributed by atoms with Crippen molar-refractivity contribution < 1.29 is 19.1 Å². The summed E-state index contributed by atoms with van der Waals surface area (Å²) >= 11 is 12.1. The van der Waals surface area contributed by atoms with Crippen LogP contribution in [0.3, 0.4) is 0 Å². The summed E-state index contributed by atoms with van der Waals surface area (Å²) in [5.41, 5.74) is 2.47. The summed E-state index contributed by atoms with van der Waals surface area (Å²) in [6.45, 7) is 13.4. The average Bonchev–Trinajstić information content (AvgIpc) is 2.91. The standard InChI is InChI=1S/C31H31Cl2N3O4/c1-30(2,3)40-29(38)36-14-12-31(13-15-36,39-20-28(37)35-27-18-24(32)17-25(33)19-27)23-10-8-21(9-11-23)22-6-5-7-26(16-22)34-4/h5-11,16-19H,12-15,20H2,1-3H3,(H,35,37). The SMILES string of the molecule is [C-]#[N+]c1cccc(-c2ccc(C3(OCC(=O)Nc4cc(Cl)cc(Cl)c4)CCN(C(=O)OC(C)(C)C)CC3)cc2)c1. The van der Waals surface area contributed by atoms with Crippen molar-refractivity contribution in [3.05, 3.63) is 93.8 Å². The van der Waals surface area contributed by atoms with Crippen LogP contribution in [0.5, 0.6) is 0 Å². The molecule has 208 valence electrons. The molecule has 0 radical (unpaired) electrons. The van der Waals surface area contributed by atoms with E-state index in [1.807, 2.05) is 63.2 Å². The highest BCUT2D eigenvalue weighted by atomic mass is 35.5. The fraction of sp³-hybridized carbons (Fsp3) is 0.323. The van der Waals surface area contributed by atoms with Gasteiger partial charge in [0.1, 0.15) is 12.2 Å². The smallest absolute Gasteiger partial charge is 0.410 e. The number of benzene rings is 3. The molecular formula is C31H31Cl2N3O4. The van der Waals surface area contributed by atoms with E-state index in [2.05, 4.69) is 10.2 Å². The molecule has 2 amide bonds. The number of nitrogens with zero attached hydrogens (tertiary/aromatic N) is 2. The molecule has 3 aromatic rings. The third kappa shape index (κ3) is 7.54. The Morgan fingerprint density at radius 2 is 1.62 bits per heavy atom. The molecule has 0 saturated carbocycles. The quantitative estimate of drug-likeness (QED) is 0.299. The number of likely N-dealkylation sites (tertiary alicyclic amines) is 1. The predicted octanol–water partition coefficient (Wildman–Crippen LogP) is 8.09. The van der Waals surface area contributed by atoms with Crippen molar-refractivity contribution in [1.29, 1.82) is 0 Å². The van der Waals surface area contributed by atoms with Gasteiger partial charge in [-0.25, -0.2) is 9.64 Å². The van der Waals surface area contributed by atoms with Crippen LogP contribution < -0.4 is 5.32 Å². The maximum atomic E-state index is 12.8. The highest BCUT2D eigenvalue weighted by Crippen LogP contribution is 2.38. The van der Waals surface area contributed by atoms with Gasteiger partial charge in [-0.05, 0) is 74.6 Å². The van der Waals surface area contributed by atoms with Crippen LogP contribution in [0.1, 0.15) is 39.2 Å². The minimum Gasteiger partial charge on any atom is -0.444 e. The summed E-state index contributed by atoms with van der Waals surface area (Å²) in [5, 5.41) is 3.61. The zero-order valence-electron chi connectivity index (χ0n) is 22.7. The Kier molecular flexibility index (Phi) is 9.05. The van der Waals surface area contributed by atoms with Gasteiger partial charge in [-0.15, -0.1) is 0 Å². The van der Waals surface area contributed by atoms with Gasteiger partial charge in [0, 0.05) is 28.8 Å². The van der Waals surface area contributed by atoms with Crippen molar-refractivity contribution >= 4 is 46.6 Å². The van der Waals surface area contributed by atoms with E-state index in [-0.39, 0.29) is 18.6 Å². The summed E-state index contributed by atoms with van der Waals surface area (Å²) in [6.07, 6.45) is 0.594. The Bertz CT molecular complexity index is 1400. The van der Waals surface area contributed by atoms with E-state index in [0.29, 0.717) is 47.4 Å². The first kappa shape index (κ1) is 29.4. The van der Waals surface area contributed by atoms with Gasteiger partial charge in [-0.1, -0.05) is 65.7 Å². The molecule has 1 aliphatic rings. The van der Waals surface area contributed by atoms with E-state index in [1.54, 1.807) is 29.2 Å². The Morgan fingerprint density at radius 1 is 0.975 bits per heavy atom. The van der Waals surface area contributed by atoms with Crippen molar-refractivity contribution in [3.63, 3.8) is 0 Å². The molecule has 1 N–H and O–H groups in total. The summed E-state index contributed by atoms with van der Waals surface area (Å²) in [4.78, 5) is 30.7. The summed E-state index contributed by atoms with van der Waals surface area (Å²) in [7, 11) is 0. The first-order chi connectivity index (χ1) is 19.0. The second-order valence-electron chi connectivity index (χ2n) is 10.7. The highest BCUT2D eigenvalue weighted by Gasteiger charge is 2.40. The van der Waals surface area contributed by atoms with E-state index < -0.39 is 11.2 Å². The van der Waals surface area contributed by atoms with Gasteiger partial charge in [0.15, 0.2) is 5.69 Å². The number of carbonyl (C=O) groups excluding carboxylic acids is 2. The third-order valence-corrected chi connectivity index (χ3v) is 7.00. The average molecular weight is 581 g/mol. The van der Waals surface area contributed by atoms with Crippen molar-refractivity contribution in [1.82, 2.24) is 4.90 Å². The maximum absolute atomic E-state index is 12.8. The van der Waals surface area contributed by atoms with E-state index in [4.69, 9.17) is 39.2 Å². The van der Waals surface area contributed by atoms with Gasteiger partial charge < -0.3 is 19.7 Å². The number of rotatable bonds is 6. The molecule has 0 aliphatic carbocycles. The Morgan fingerprint density at radius 3 is 2.23 bits per heavy atom. The number of carbonyl (C=O) groups is 2. The molecule has 4 rings (SSSR count). The van der Waals surface area contributed by atoms with Gasteiger partial charge >= 0.3 is 6.09 Å². The summed E-state index contributed by atoms with van der Waals surface area (Å²) in [6, 6.07) is 20.2. The molecule has 0 aromatic heterocycles. The molecule has 40 heavy (non-hydrogen) atoms. The molecule has 1 saturated heterocycles. The van der Waals surface area contributed by atoms with Crippen LogP contribution >= 0.6 is 23.2 Å². The molecular weight excluding hydrogens is 549 g/mol. The number of hydrogen-bond acceptors (Lipinski definition) is 4. The Hall–Kier alpha value is -3.57. The van der Waals surface area contributed by atoms with E-state index in [1.165, 1.54) is 0 Å². The normalized spacial score (nSPS) is 14.8. The lowest BCUT2D eigenvalue weighted by molar-refractivity contribution is -0.134. The fourth-order valence-corrected chi connectivity index (χ4v) is 5.17. The van der Waals surface area contributed by atoms with Crippen LogP contribution in [0.15, 0.2) is 66.7 Å². The largest absolute Gasteiger partial charge is 0.444 e.